The van der Waals surface area contributed by atoms with Crippen molar-refractivity contribution in [1.29, 1.82) is 0 Å². The van der Waals surface area contributed by atoms with Crippen LogP contribution in [0.3, 0.4) is 0 Å². The van der Waals surface area contributed by atoms with Gasteiger partial charge in [0.1, 0.15) is 0 Å². The first-order valence-electron chi connectivity index (χ1n) is 6.21. The first-order valence-corrected chi connectivity index (χ1v) is 6.59. The zero-order valence-corrected chi connectivity index (χ0v) is 10.7. The molecule has 0 atom stereocenters. The van der Waals surface area contributed by atoms with Gasteiger partial charge in [0, 0.05) is 11.6 Å². The van der Waals surface area contributed by atoms with E-state index in [0.717, 1.165) is 17.5 Å². The Kier molecular flexibility index (Phi) is 4.25. The number of aryl methyl sites for hydroxylation is 1. The molecule has 2 rings (SSSR count). The Morgan fingerprint density at radius 2 is 2.06 bits per heavy atom. The van der Waals surface area contributed by atoms with Crippen molar-refractivity contribution in [2.75, 3.05) is 6.54 Å². The normalized spacial score (nSPS) is 16.9. The van der Waals surface area contributed by atoms with E-state index >= 15 is 0 Å². The third kappa shape index (κ3) is 3.23. The molecular weight excluding hydrogens is 218 g/mol. The molecule has 88 valence electrons. The van der Waals surface area contributed by atoms with Crippen molar-refractivity contribution in [3.05, 3.63) is 34.3 Å². The first-order chi connectivity index (χ1) is 7.75. The van der Waals surface area contributed by atoms with Crippen molar-refractivity contribution in [3.63, 3.8) is 0 Å². The molecule has 1 fully saturated rings. The van der Waals surface area contributed by atoms with E-state index in [-0.39, 0.29) is 0 Å². The molecule has 0 radical (unpaired) electrons. The summed E-state index contributed by atoms with van der Waals surface area (Å²) in [4.78, 5) is 0. The number of halogens is 1. The van der Waals surface area contributed by atoms with Gasteiger partial charge in [0.2, 0.25) is 0 Å². The second-order valence-corrected chi connectivity index (χ2v) is 5.29. The molecular formula is C14H20ClN. The Morgan fingerprint density at radius 1 is 1.31 bits per heavy atom. The van der Waals surface area contributed by atoms with Gasteiger partial charge in [-0.25, -0.2) is 0 Å². The standard InChI is InChI=1S/C14H20ClN/c1-11-8-14(15)7-6-13(11)10-16-9-12-4-2-3-5-12/h6-8,12,16H,2-5,9-10H2,1H3. The predicted molar refractivity (Wildman–Crippen MR) is 69.9 cm³/mol. The van der Waals surface area contributed by atoms with Crippen molar-refractivity contribution in [2.24, 2.45) is 5.92 Å². The van der Waals surface area contributed by atoms with Crippen LogP contribution in [0.2, 0.25) is 5.02 Å². The molecule has 0 bridgehead atoms. The van der Waals surface area contributed by atoms with Crippen molar-refractivity contribution in [2.45, 2.75) is 39.2 Å². The third-order valence-electron chi connectivity index (χ3n) is 3.53. The highest BCUT2D eigenvalue weighted by Gasteiger charge is 2.13. The predicted octanol–water partition coefficient (Wildman–Crippen LogP) is 3.93. The van der Waals surface area contributed by atoms with Crippen LogP contribution in [0.5, 0.6) is 0 Å². The number of nitrogens with one attached hydrogen (secondary N) is 1. The van der Waals surface area contributed by atoms with Gasteiger partial charge in [0.25, 0.3) is 0 Å². The molecule has 0 unspecified atom stereocenters. The Hall–Kier alpha value is -0.530. The molecule has 0 heterocycles. The zero-order chi connectivity index (χ0) is 11.4. The van der Waals surface area contributed by atoms with Crippen LogP contribution >= 0.6 is 11.6 Å². The molecule has 1 aliphatic rings. The molecule has 1 N–H and O–H groups in total. The summed E-state index contributed by atoms with van der Waals surface area (Å²) in [6.07, 6.45) is 5.66. The summed E-state index contributed by atoms with van der Waals surface area (Å²) in [5, 5.41) is 4.39. The molecule has 0 aliphatic heterocycles. The fourth-order valence-electron chi connectivity index (χ4n) is 2.48. The van der Waals surface area contributed by atoms with Gasteiger partial charge >= 0.3 is 0 Å². The lowest BCUT2D eigenvalue weighted by Gasteiger charge is -2.12. The Morgan fingerprint density at radius 3 is 2.75 bits per heavy atom. The number of benzene rings is 1. The van der Waals surface area contributed by atoms with E-state index in [2.05, 4.69) is 18.3 Å². The lowest BCUT2D eigenvalue weighted by Crippen LogP contribution is -2.21. The summed E-state index contributed by atoms with van der Waals surface area (Å²) in [6.45, 7) is 4.26. The Labute approximate surface area is 103 Å². The summed E-state index contributed by atoms with van der Waals surface area (Å²) in [6, 6.07) is 6.13. The van der Waals surface area contributed by atoms with Gasteiger partial charge in [-0.1, -0.05) is 30.5 Å². The molecule has 16 heavy (non-hydrogen) atoms. The smallest absolute Gasteiger partial charge is 0.0408 e. The summed E-state index contributed by atoms with van der Waals surface area (Å²) in [5.74, 6) is 0.910. The van der Waals surface area contributed by atoms with E-state index in [1.807, 2.05) is 12.1 Å². The highest BCUT2D eigenvalue weighted by Crippen LogP contribution is 2.24. The maximum atomic E-state index is 5.93. The first kappa shape index (κ1) is 11.9. The fourth-order valence-corrected chi connectivity index (χ4v) is 2.71. The van der Waals surface area contributed by atoms with Crippen LogP contribution in [-0.2, 0) is 6.54 Å². The Balaban J connectivity index is 1.80. The van der Waals surface area contributed by atoms with Crippen LogP contribution in [-0.4, -0.2) is 6.54 Å². The fraction of sp³-hybridized carbons (Fsp3) is 0.571. The number of hydrogen-bond donors (Lipinski definition) is 1. The summed E-state index contributed by atoms with van der Waals surface area (Å²) < 4.78 is 0. The molecule has 1 nitrogen and oxygen atoms in total. The summed E-state index contributed by atoms with van der Waals surface area (Å²) in [7, 11) is 0. The topological polar surface area (TPSA) is 12.0 Å². The van der Waals surface area contributed by atoms with Gasteiger partial charge in [-0.05, 0) is 55.5 Å². The van der Waals surface area contributed by atoms with Gasteiger partial charge in [-0.2, -0.15) is 0 Å². The van der Waals surface area contributed by atoms with Gasteiger partial charge in [-0.3, -0.25) is 0 Å². The highest BCUT2D eigenvalue weighted by molar-refractivity contribution is 6.30. The van der Waals surface area contributed by atoms with Gasteiger partial charge < -0.3 is 5.32 Å². The van der Waals surface area contributed by atoms with Gasteiger partial charge in [0.15, 0.2) is 0 Å². The van der Waals surface area contributed by atoms with Crippen molar-refractivity contribution in [3.8, 4) is 0 Å². The highest BCUT2D eigenvalue weighted by atomic mass is 35.5. The molecule has 1 aromatic rings. The van der Waals surface area contributed by atoms with E-state index in [1.54, 1.807) is 0 Å². The molecule has 1 aromatic carbocycles. The summed E-state index contributed by atoms with van der Waals surface area (Å²) >= 11 is 5.93. The maximum Gasteiger partial charge on any atom is 0.0408 e. The van der Waals surface area contributed by atoms with Crippen LogP contribution in [0.15, 0.2) is 18.2 Å². The van der Waals surface area contributed by atoms with Crippen molar-refractivity contribution >= 4 is 11.6 Å². The monoisotopic (exact) mass is 237 g/mol. The quantitative estimate of drug-likeness (QED) is 0.837. The molecule has 0 saturated heterocycles. The SMILES string of the molecule is Cc1cc(Cl)ccc1CNCC1CCCC1. The van der Waals surface area contributed by atoms with Crippen molar-refractivity contribution in [1.82, 2.24) is 5.32 Å². The summed E-state index contributed by atoms with van der Waals surface area (Å²) in [5.41, 5.74) is 2.65. The van der Waals surface area contributed by atoms with Crippen LogP contribution in [0, 0.1) is 12.8 Å². The third-order valence-corrected chi connectivity index (χ3v) is 3.76. The second kappa shape index (κ2) is 5.70. The van der Waals surface area contributed by atoms with E-state index in [4.69, 9.17) is 11.6 Å². The minimum absolute atomic E-state index is 0.831. The molecule has 1 aliphatic carbocycles. The average molecular weight is 238 g/mol. The van der Waals surface area contributed by atoms with E-state index < -0.39 is 0 Å². The maximum absolute atomic E-state index is 5.93. The molecule has 2 heteroatoms. The van der Waals surface area contributed by atoms with Crippen LogP contribution in [0.4, 0.5) is 0 Å². The zero-order valence-electron chi connectivity index (χ0n) is 9.93. The minimum Gasteiger partial charge on any atom is -0.312 e. The van der Waals surface area contributed by atoms with E-state index in [1.165, 1.54) is 43.4 Å². The second-order valence-electron chi connectivity index (χ2n) is 4.85. The van der Waals surface area contributed by atoms with E-state index in [0.29, 0.717) is 0 Å². The lowest BCUT2D eigenvalue weighted by atomic mass is 10.1. The molecule has 0 aromatic heterocycles. The van der Waals surface area contributed by atoms with Gasteiger partial charge in [-0.15, -0.1) is 0 Å². The van der Waals surface area contributed by atoms with Crippen LogP contribution < -0.4 is 5.32 Å². The molecule has 0 spiro atoms. The Bertz CT molecular complexity index is 343. The van der Waals surface area contributed by atoms with Crippen molar-refractivity contribution < 1.29 is 0 Å². The van der Waals surface area contributed by atoms with E-state index in [9.17, 15) is 0 Å². The minimum atomic E-state index is 0.831. The number of hydrogen-bond acceptors (Lipinski definition) is 1. The number of rotatable bonds is 4. The van der Waals surface area contributed by atoms with Gasteiger partial charge in [0.05, 0.1) is 0 Å². The average Bonchev–Trinajstić information content (AvgIpc) is 2.74. The lowest BCUT2D eigenvalue weighted by molar-refractivity contribution is 0.489. The molecule has 1 saturated carbocycles. The van der Waals surface area contributed by atoms with Crippen LogP contribution in [0.1, 0.15) is 36.8 Å². The largest absolute Gasteiger partial charge is 0.312 e. The molecule has 0 amide bonds. The van der Waals surface area contributed by atoms with Crippen LogP contribution in [0.25, 0.3) is 0 Å².